The van der Waals surface area contributed by atoms with Crippen molar-refractivity contribution in [2.24, 2.45) is 11.8 Å². The summed E-state index contributed by atoms with van der Waals surface area (Å²) in [5, 5.41) is 12.4. The van der Waals surface area contributed by atoms with E-state index >= 15 is 0 Å². The van der Waals surface area contributed by atoms with Crippen molar-refractivity contribution in [3.8, 4) is 11.1 Å². The van der Waals surface area contributed by atoms with Gasteiger partial charge in [0, 0.05) is 12.8 Å². The molecule has 5 rings (SSSR count). The van der Waals surface area contributed by atoms with Gasteiger partial charge < -0.3 is 24.6 Å². The zero-order valence-electron chi connectivity index (χ0n) is 18.7. The lowest BCUT2D eigenvalue weighted by Crippen LogP contribution is -2.47. The van der Waals surface area contributed by atoms with Crippen LogP contribution in [-0.2, 0) is 32.0 Å². The predicted molar refractivity (Wildman–Crippen MR) is 121 cm³/mol. The fourth-order valence-corrected chi connectivity index (χ4v) is 5.58. The molecule has 1 amide bonds. The van der Waals surface area contributed by atoms with Gasteiger partial charge in [-0.1, -0.05) is 49.4 Å². The normalized spacial score (nSPS) is 21.9. The average molecular weight is 452 g/mol. The first-order valence-electron chi connectivity index (χ1n) is 11.6. The third-order valence-electron chi connectivity index (χ3n) is 7.40. The highest BCUT2D eigenvalue weighted by Gasteiger charge is 2.47. The maximum Gasteiger partial charge on any atom is 0.408 e. The smallest absolute Gasteiger partial charge is 0.408 e. The highest BCUT2D eigenvalue weighted by atomic mass is 16.7. The van der Waals surface area contributed by atoms with Crippen molar-refractivity contribution in [3.63, 3.8) is 0 Å². The number of nitrogens with one attached hydrogen (secondary N) is 1. The van der Waals surface area contributed by atoms with Crippen LogP contribution in [-0.4, -0.2) is 42.2 Å². The van der Waals surface area contributed by atoms with Gasteiger partial charge in [-0.3, -0.25) is 0 Å². The number of carbonyl (C=O) groups is 2. The number of benzene rings is 2. The highest BCUT2D eigenvalue weighted by molar-refractivity contribution is 5.80. The van der Waals surface area contributed by atoms with Crippen molar-refractivity contribution in [2.75, 3.05) is 13.2 Å². The molecule has 2 aliphatic carbocycles. The molecule has 1 saturated carbocycles. The summed E-state index contributed by atoms with van der Waals surface area (Å²) in [6.07, 6.45) is 2.28. The number of amides is 1. The molecular weight excluding hydrogens is 422 g/mol. The maximum atomic E-state index is 12.6. The maximum absolute atomic E-state index is 12.6. The summed E-state index contributed by atoms with van der Waals surface area (Å²) < 4.78 is 17.0. The largest absolute Gasteiger partial charge is 0.480 e. The summed E-state index contributed by atoms with van der Waals surface area (Å²) in [5.41, 5.74) is 5.72. The lowest BCUT2D eigenvalue weighted by Gasteiger charge is -2.28. The van der Waals surface area contributed by atoms with Crippen molar-refractivity contribution < 1.29 is 28.9 Å². The van der Waals surface area contributed by atoms with E-state index in [0.717, 1.165) is 36.0 Å². The molecule has 2 N–H and O–H groups in total. The van der Waals surface area contributed by atoms with Crippen LogP contribution in [0.3, 0.4) is 0 Å². The fourth-order valence-electron chi connectivity index (χ4n) is 5.58. The van der Waals surface area contributed by atoms with Crippen LogP contribution < -0.4 is 5.32 Å². The number of ether oxygens (including phenoxy) is 3. The minimum absolute atomic E-state index is 0.0837. The van der Waals surface area contributed by atoms with Crippen molar-refractivity contribution in [1.82, 2.24) is 5.32 Å². The van der Waals surface area contributed by atoms with Gasteiger partial charge in [0.05, 0.1) is 13.2 Å². The number of aliphatic carboxylic acids is 1. The number of fused-ring (bicyclic) bond motifs is 3. The van der Waals surface area contributed by atoms with Gasteiger partial charge in [0.2, 0.25) is 0 Å². The van der Waals surface area contributed by atoms with Crippen LogP contribution in [0.25, 0.3) is 11.1 Å². The molecule has 1 saturated heterocycles. The van der Waals surface area contributed by atoms with Crippen LogP contribution in [0.4, 0.5) is 4.79 Å². The van der Waals surface area contributed by atoms with E-state index in [0.29, 0.717) is 19.6 Å². The van der Waals surface area contributed by atoms with Gasteiger partial charge in [-0.15, -0.1) is 0 Å². The van der Waals surface area contributed by atoms with Gasteiger partial charge in [0.15, 0.2) is 5.79 Å². The summed E-state index contributed by atoms with van der Waals surface area (Å²) >= 11 is 0. The Morgan fingerprint density at radius 3 is 2.70 bits per heavy atom. The molecule has 1 heterocycles. The molecular formula is C26H29NO6. The lowest BCUT2D eigenvalue weighted by molar-refractivity contribution is -0.155. The summed E-state index contributed by atoms with van der Waals surface area (Å²) in [5.74, 6) is -1.84. The Labute approximate surface area is 193 Å². The molecule has 7 nitrogen and oxygen atoms in total. The molecule has 0 aromatic heterocycles. The molecule has 0 bridgehead atoms. The Hall–Kier alpha value is -2.90. The zero-order valence-corrected chi connectivity index (χ0v) is 18.7. The first kappa shape index (κ1) is 21.9. The molecule has 0 unspecified atom stereocenters. The molecule has 2 fully saturated rings. The van der Waals surface area contributed by atoms with E-state index < -0.39 is 23.9 Å². The van der Waals surface area contributed by atoms with Gasteiger partial charge in [0.1, 0.15) is 12.6 Å². The SMILES string of the molecule is C[C@H]([C@@H]1CCC2(C1)OCCO2)[C@H](NC(=O)OCc1cccc2c1Cc1ccccc1-2)C(=O)O. The van der Waals surface area contributed by atoms with Crippen LogP contribution in [0.15, 0.2) is 42.5 Å². The number of hydrogen-bond acceptors (Lipinski definition) is 5. The van der Waals surface area contributed by atoms with Crippen LogP contribution in [0.1, 0.15) is 42.9 Å². The third-order valence-corrected chi connectivity index (χ3v) is 7.40. The molecule has 1 spiro atoms. The predicted octanol–water partition coefficient (Wildman–Crippen LogP) is 4.12. The van der Waals surface area contributed by atoms with E-state index in [1.54, 1.807) is 0 Å². The van der Waals surface area contributed by atoms with Gasteiger partial charge in [0.25, 0.3) is 0 Å². The van der Waals surface area contributed by atoms with E-state index in [9.17, 15) is 14.7 Å². The molecule has 7 heteroatoms. The summed E-state index contributed by atoms with van der Waals surface area (Å²) in [6, 6.07) is 13.2. The molecule has 0 radical (unpaired) electrons. The molecule has 33 heavy (non-hydrogen) atoms. The highest BCUT2D eigenvalue weighted by Crippen LogP contribution is 2.44. The van der Waals surface area contributed by atoms with Crippen molar-refractivity contribution >= 4 is 12.1 Å². The van der Waals surface area contributed by atoms with E-state index in [1.165, 1.54) is 11.1 Å². The van der Waals surface area contributed by atoms with Crippen LogP contribution in [0.2, 0.25) is 0 Å². The molecule has 1 aliphatic heterocycles. The summed E-state index contributed by atoms with van der Waals surface area (Å²) in [4.78, 5) is 24.5. The Morgan fingerprint density at radius 2 is 1.91 bits per heavy atom. The van der Waals surface area contributed by atoms with Crippen LogP contribution in [0, 0.1) is 11.8 Å². The molecule has 2 aromatic rings. The van der Waals surface area contributed by atoms with Crippen LogP contribution in [0.5, 0.6) is 0 Å². The minimum atomic E-state index is -1.07. The third kappa shape index (κ3) is 4.23. The van der Waals surface area contributed by atoms with E-state index in [2.05, 4.69) is 23.5 Å². The number of hydrogen-bond donors (Lipinski definition) is 2. The van der Waals surface area contributed by atoms with Gasteiger partial charge >= 0.3 is 12.1 Å². The second-order valence-corrected chi connectivity index (χ2v) is 9.28. The van der Waals surface area contributed by atoms with Crippen LogP contribution >= 0.6 is 0 Å². The topological polar surface area (TPSA) is 94.1 Å². The van der Waals surface area contributed by atoms with Gasteiger partial charge in [-0.25, -0.2) is 9.59 Å². The lowest BCUT2D eigenvalue weighted by atomic mass is 9.86. The van der Waals surface area contributed by atoms with Gasteiger partial charge in [-0.2, -0.15) is 0 Å². The number of rotatable bonds is 6. The fraction of sp³-hybridized carbons (Fsp3) is 0.462. The quantitative estimate of drug-likeness (QED) is 0.586. The van der Waals surface area contributed by atoms with E-state index in [-0.39, 0.29) is 18.4 Å². The Kier molecular flexibility index (Phi) is 5.85. The summed E-state index contributed by atoms with van der Waals surface area (Å²) in [7, 11) is 0. The minimum Gasteiger partial charge on any atom is -0.480 e. The van der Waals surface area contributed by atoms with E-state index in [4.69, 9.17) is 14.2 Å². The molecule has 2 aromatic carbocycles. The average Bonchev–Trinajstić information content (AvgIpc) is 3.55. The Bertz CT molecular complexity index is 1060. The number of carboxylic acid groups (broad SMARTS) is 1. The summed E-state index contributed by atoms with van der Waals surface area (Å²) in [6.45, 7) is 3.10. The monoisotopic (exact) mass is 451 g/mol. The van der Waals surface area contributed by atoms with Crippen molar-refractivity contribution in [2.45, 2.75) is 51.0 Å². The first-order valence-corrected chi connectivity index (χ1v) is 11.6. The molecule has 3 aliphatic rings. The number of carboxylic acids is 1. The second-order valence-electron chi connectivity index (χ2n) is 9.28. The Morgan fingerprint density at radius 1 is 1.15 bits per heavy atom. The van der Waals surface area contributed by atoms with Crippen molar-refractivity contribution in [1.29, 1.82) is 0 Å². The molecule has 174 valence electrons. The van der Waals surface area contributed by atoms with E-state index in [1.807, 2.05) is 31.2 Å². The first-order chi connectivity index (χ1) is 16.0. The number of carbonyl (C=O) groups excluding carboxylic acids is 1. The number of alkyl carbamates (subject to hydrolysis) is 1. The molecule has 3 atom stereocenters. The Balaban J connectivity index is 1.21. The second kappa shape index (κ2) is 8.80. The van der Waals surface area contributed by atoms with Gasteiger partial charge in [-0.05, 0) is 52.5 Å². The zero-order chi connectivity index (χ0) is 23.0. The van der Waals surface area contributed by atoms with Crippen molar-refractivity contribution in [3.05, 3.63) is 59.2 Å². The standard InChI is InChI=1S/C26H29NO6/c1-16(18-9-10-26(14-18)32-11-12-33-26)23(24(28)29)27-25(30)31-15-19-6-4-8-21-20-7-3-2-5-17(20)13-22(19)21/h2-8,16,18,23H,9-15H2,1H3,(H,27,30)(H,28,29)/t16-,18-,23+/m1/s1.